The molecule has 7 nitrogen and oxygen atoms in total. The van der Waals surface area contributed by atoms with Crippen LogP contribution in [0.2, 0.25) is 5.02 Å². The number of hydrogen-bond donors (Lipinski definition) is 2. The lowest BCUT2D eigenvalue weighted by molar-refractivity contribution is 0.0461. The summed E-state index contributed by atoms with van der Waals surface area (Å²) < 4.78 is 32.8. The van der Waals surface area contributed by atoms with Gasteiger partial charge in [-0.1, -0.05) is 36.7 Å². The Morgan fingerprint density at radius 3 is 2.73 bits per heavy atom. The van der Waals surface area contributed by atoms with E-state index < -0.39 is 27.3 Å². The molecule has 1 fully saturated rings. The van der Waals surface area contributed by atoms with Crippen molar-refractivity contribution < 1.29 is 23.1 Å². The van der Waals surface area contributed by atoms with E-state index in [0.29, 0.717) is 35.3 Å². The summed E-state index contributed by atoms with van der Waals surface area (Å²) in [7, 11) is -3.66. The number of carbonyl (C=O) groups excluding carboxylic acids is 1. The molecule has 0 spiro atoms. The molecular formula is C31H40ClN2O5S+. The second-order valence-corrected chi connectivity index (χ2v) is 14.1. The number of amides is 1. The fourth-order valence-corrected chi connectivity index (χ4v) is 7.51. The lowest BCUT2D eigenvalue weighted by Crippen LogP contribution is -2.43. The molecule has 2 bridgehead atoms. The molecule has 6 atom stereocenters. The number of aliphatic hydroxyl groups is 1. The molecule has 3 aliphatic rings. The zero-order valence-electron chi connectivity index (χ0n) is 23.2. The zero-order valence-corrected chi connectivity index (χ0v) is 24.8. The van der Waals surface area contributed by atoms with Crippen molar-refractivity contribution in [3.63, 3.8) is 0 Å². The first-order chi connectivity index (χ1) is 19.1. The van der Waals surface area contributed by atoms with Crippen molar-refractivity contribution in [3.05, 3.63) is 70.3 Å². The summed E-state index contributed by atoms with van der Waals surface area (Å²) in [6.45, 7) is 5.44. The number of benzene rings is 2. The summed E-state index contributed by atoms with van der Waals surface area (Å²) in [5, 5.41) is 11.0. The Bertz CT molecular complexity index is 1380. The van der Waals surface area contributed by atoms with Crippen LogP contribution in [0.15, 0.2) is 48.6 Å². The molecule has 1 aliphatic carbocycles. The van der Waals surface area contributed by atoms with Gasteiger partial charge in [0.05, 0.1) is 11.8 Å². The number of carbonyl (C=O) groups is 1. The minimum Gasteiger partial charge on any atom is -0.487 e. The maximum Gasteiger partial charge on any atom is 0.371 e. The third-order valence-electron chi connectivity index (χ3n) is 8.99. The standard InChI is InChI=1S/C31H39ClN2O5S/c1-20-6-5-8-29(35)27-13-10-24(27)18-34-15-4-3-7-22-16-26(32)12-9-25(22)19-39-30-14-11-23(17-28(30)34)31(36)33-40(37,38)21(20)2/h5,8-9,11-12,14,16-17,20-21,24,27,29,35H,3-4,6-7,10,13,15,18-19H2,1-2H3,(H,33,36,37,38)/p+1/b8-5+/t20-,21-,24-,27+,29-/m0/s1. The van der Waals surface area contributed by atoms with Crippen LogP contribution >= 0.6 is 11.6 Å². The maximum absolute atomic E-state index is 13.3. The molecule has 2 aliphatic heterocycles. The maximum atomic E-state index is 13.3. The molecule has 9 heteroatoms. The number of ether oxygens (including phenoxy) is 1. The highest BCUT2D eigenvalue weighted by Gasteiger charge is 2.38. The van der Waals surface area contributed by atoms with Crippen molar-refractivity contribution >= 4 is 33.2 Å². The van der Waals surface area contributed by atoms with Crippen LogP contribution in [0.5, 0.6) is 5.75 Å². The van der Waals surface area contributed by atoms with Crippen LogP contribution in [0.4, 0.5) is 5.69 Å². The Morgan fingerprint density at radius 1 is 1.12 bits per heavy atom. The number of halogens is 1. The van der Waals surface area contributed by atoms with E-state index in [-0.39, 0.29) is 11.8 Å². The molecule has 0 radical (unpaired) electrons. The Hall–Kier alpha value is -2.55. The van der Waals surface area contributed by atoms with E-state index in [9.17, 15) is 18.3 Å². The van der Waals surface area contributed by atoms with Crippen LogP contribution in [0.3, 0.4) is 0 Å². The number of anilines is 1. The van der Waals surface area contributed by atoms with Gasteiger partial charge in [-0.2, -0.15) is 4.21 Å². The van der Waals surface area contributed by atoms with E-state index >= 15 is 0 Å². The van der Waals surface area contributed by atoms with Crippen molar-refractivity contribution in [3.8, 4) is 5.75 Å². The third kappa shape index (κ3) is 6.34. The van der Waals surface area contributed by atoms with E-state index in [0.717, 1.165) is 56.4 Å². The predicted molar refractivity (Wildman–Crippen MR) is 160 cm³/mol. The number of aryl methyl sites for hydroxylation is 1. The number of rotatable bonds is 0. The van der Waals surface area contributed by atoms with Crippen LogP contribution in [0.25, 0.3) is 0 Å². The minimum atomic E-state index is -3.66. The number of allylic oxidation sites excluding steroid dienone is 1. The SMILES string of the molecule is C[C@H]1C/C=C/[C@H](O)[C@@H]2CC[C@H]2CN2CCCCc3cc(Cl)ccc3COc3ccc(cc32)C(=O)NS(=O)(=[OH+])[C@H]1C. The molecule has 3 N–H and O–H groups in total. The highest BCUT2D eigenvalue weighted by Crippen LogP contribution is 2.41. The van der Waals surface area contributed by atoms with Gasteiger partial charge in [0.25, 0.3) is 5.91 Å². The normalized spacial score (nSPS) is 32.2. The summed E-state index contributed by atoms with van der Waals surface area (Å²) in [5.41, 5.74) is 3.36. The van der Waals surface area contributed by atoms with Gasteiger partial charge in [0.1, 0.15) is 17.6 Å². The number of aliphatic hydroxyl groups excluding tert-OH is 1. The van der Waals surface area contributed by atoms with E-state index in [1.54, 1.807) is 25.1 Å². The quantitative estimate of drug-likeness (QED) is 0.306. The van der Waals surface area contributed by atoms with Crippen LogP contribution < -0.4 is 14.4 Å². The molecule has 216 valence electrons. The van der Waals surface area contributed by atoms with Gasteiger partial charge in [0.15, 0.2) is 0 Å². The van der Waals surface area contributed by atoms with Crippen molar-refractivity contribution in [1.82, 2.24) is 4.72 Å². The first kappa shape index (κ1) is 29.0. The molecule has 1 saturated carbocycles. The van der Waals surface area contributed by atoms with Crippen LogP contribution in [0.1, 0.15) is 67.4 Å². The van der Waals surface area contributed by atoms with Gasteiger partial charge < -0.3 is 14.7 Å². The fourth-order valence-electron chi connectivity index (χ4n) is 6.00. The van der Waals surface area contributed by atoms with E-state index in [4.69, 9.17) is 16.3 Å². The van der Waals surface area contributed by atoms with Gasteiger partial charge >= 0.3 is 10.0 Å². The Labute approximate surface area is 242 Å². The fraction of sp³-hybridized carbons (Fsp3) is 0.516. The van der Waals surface area contributed by atoms with Crippen molar-refractivity contribution in [2.24, 2.45) is 17.8 Å². The highest BCUT2D eigenvalue weighted by molar-refractivity contribution is 7.90. The summed E-state index contributed by atoms with van der Waals surface area (Å²) in [5.74, 6) is 0.373. The number of nitrogens with one attached hydrogen (secondary N) is 1. The Kier molecular flexibility index (Phi) is 8.78. The molecule has 2 aromatic carbocycles. The minimum absolute atomic E-state index is 0.152. The second-order valence-electron chi connectivity index (χ2n) is 11.6. The first-order valence-electron chi connectivity index (χ1n) is 14.3. The van der Waals surface area contributed by atoms with Gasteiger partial charge in [-0.3, -0.25) is 4.79 Å². The predicted octanol–water partition coefficient (Wildman–Crippen LogP) is 5.65. The van der Waals surface area contributed by atoms with Gasteiger partial charge in [-0.05, 0) is 105 Å². The molecule has 2 aromatic rings. The first-order valence-corrected chi connectivity index (χ1v) is 16.3. The third-order valence-corrected chi connectivity index (χ3v) is 11.2. The van der Waals surface area contributed by atoms with Crippen molar-refractivity contribution in [2.45, 2.75) is 70.3 Å². The summed E-state index contributed by atoms with van der Waals surface area (Å²) >= 11 is 6.30. The Balaban J connectivity index is 1.54. The zero-order chi connectivity index (χ0) is 28.4. The van der Waals surface area contributed by atoms with E-state index in [1.807, 2.05) is 37.3 Å². The monoisotopic (exact) mass is 587 g/mol. The lowest BCUT2D eigenvalue weighted by Gasteiger charge is -2.42. The number of nitrogens with zero attached hydrogens (tertiary/aromatic N) is 1. The molecule has 40 heavy (non-hydrogen) atoms. The van der Waals surface area contributed by atoms with Gasteiger partial charge in [-0.15, -0.1) is 0 Å². The van der Waals surface area contributed by atoms with E-state index in [2.05, 4.69) is 9.62 Å². The average molecular weight is 588 g/mol. The topological polar surface area (TPSA) is 100 Å². The van der Waals surface area contributed by atoms with Gasteiger partial charge in [0, 0.05) is 23.7 Å². The molecule has 0 aromatic heterocycles. The molecule has 0 saturated heterocycles. The molecule has 5 rings (SSSR count). The largest absolute Gasteiger partial charge is 0.487 e. The summed E-state index contributed by atoms with van der Waals surface area (Å²) in [6, 6.07) is 11.1. The van der Waals surface area contributed by atoms with Crippen LogP contribution in [0, 0.1) is 17.8 Å². The molecule has 1 unspecified atom stereocenters. The second kappa shape index (κ2) is 12.1. The van der Waals surface area contributed by atoms with E-state index in [1.165, 1.54) is 5.56 Å². The molecule has 1 amide bonds. The average Bonchev–Trinajstić information content (AvgIpc) is 2.92. The molecular weight excluding hydrogens is 548 g/mol. The Morgan fingerprint density at radius 2 is 1.95 bits per heavy atom. The van der Waals surface area contributed by atoms with Gasteiger partial charge in [-0.25, -0.2) is 8.93 Å². The summed E-state index contributed by atoms with van der Waals surface area (Å²) in [6.07, 6.45) is 8.53. The van der Waals surface area contributed by atoms with Crippen LogP contribution in [-0.4, -0.2) is 43.9 Å². The number of hydrogen-bond acceptors (Lipinski definition) is 5. The summed E-state index contributed by atoms with van der Waals surface area (Å²) in [4.78, 5) is 15.6. The highest BCUT2D eigenvalue weighted by atomic mass is 35.5. The van der Waals surface area contributed by atoms with Crippen LogP contribution in [-0.2, 0) is 23.1 Å². The van der Waals surface area contributed by atoms with Crippen molar-refractivity contribution in [1.29, 1.82) is 0 Å². The lowest BCUT2D eigenvalue weighted by atomic mass is 9.70. The van der Waals surface area contributed by atoms with Crippen molar-refractivity contribution in [2.75, 3.05) is 18.0 Å². The smallest absolute Gasteiger partial charge is 0.371 e. The number of fused-ring (bicyclic) bond motifs is 3. The molecule has 2 heterocycles. The van der Waals surface area contributed by atoms with Gasteiger partial charge in [0.2, 0.25) is 0 Å².